The predicted octanol–water partition coefficient (Wildman–Crippen LogP) is 3.02. The van der Waals surface area contributed by atoms with Gasteiger partial charge in [0.05, 0.1) is 6.61 Å². The highest BCUT2D eigenvalue weighted by Gasteiger charge is 2.38. The van der Waals surface area contributed by atoms with Gasteiger partial charge in [0.2, 0.25) is 10.0 Å². The summed E-state index contributed by atoms with van der Waals surface area (Å²) in [6.07, 6.45) is 7.14. The third kappa shape index (κ3) is 5.56. The number of aliphatic hydroxyl groups is 1. The third-order valence-electron chi connectivity index (χ3n) is 5.74. The molecule has 0 unspecified atom stereocenters. The van der Waals surface area contributed by atoms with Gasteiger partial charge in [-0.15, -0.1) is 0 Å². The van der Waals surface area contributed by atoms with E-state index >= 15 is 0 Å². The number of likely N-dealkylation sites (N-methyl/N-ethyl adjacent to an activating group) is 1. The highest BCUT2D eigenvalue weighted by Crippen LogP contribution is 2.34. The Kier molecular flexibility index (Phi) is 8.05. The zero-order chi connectivity index (χ0) is 23.3. The Morgan fingerprint density at radius 3 is 2.69 bits per heavy atom. The molecule has 7 nitrogen and oxygen atoms in total. The fraction of sp³-hybridized carbons (Fsp3) is 0.458. The van der Waals surface area contributed by atoms with E-state index in [0.29, 0.717) is 12.3 Å². The molecule has 2 aromatic rings. The van der Waals surface area contributed by atoms with Gasteiger partial charge in [-0.1, -0.05) is 25.1 Å². The van der Waals surface area contributed by atoms with E-state index in [1.54, 1.807) is 37.5 Å². The van der Waals surface area contributed by atoms with E-state index in [-0.39, 0.29) is 30.1 Å². The molecule has 3 atom stereocenters. The Labute approximate surface area is 191 Å². The Balaban J connectivity index is 1.97. The summed E-state index contributed by atoms with van der Waals surface area (Å²) in [6, 6.07) is 8.59. The maximum absolute atomic E-state index is 13.5. The molecule has 1 aromatic carbocycles. The van der Waals surface area contributed by atoms with Crippen LogP contribution in [-0.2, 0) is 16.6 Å². The number of hydrogen-bond acceptors (Lipinski definition) is 6. The van der Waals surface area contributed by atoms with Crippen LogP contribution in [-0.4, -0.2) is 66.6 Å². The first-order valence-electron chi connectivity index (χ1n) is 10.9. The summed E-state index contributed by atoms with van der Waals surface area (Å²) >= 11 is 0. The van der Waals surface area contributed by atoms with E-state index in [1.165, 1.54) is 4.31 Å². The highest BCUT2D eigenvalue weighted by molar-refractivity contribution is 7.89. The lowest BCUT2D eigenvalue weighted by atomic mass is 10.0. The summed E-state index contributed by atoms with van der Waals surface area (Å²) in [5.74, 6) is 0.266. The van der Waals surface area contributed by atoms with Gasteiger partial charge in [-0.3, -0.25) is 9.88 Å². The minimum atomic E-state index is -3.82. The van der Waals surface area contributed by atoms with Gasteiger partial charge in [-0.2, -0.15) is 4.31 Å². The van der Waals surface area contributed by atoms with Crippen LogP contribution in [0.3, 0.4) is 0 Å². The van der Waals surface area contributed by atoms with Crippen molar-refractivity contribution in [3.8, 4) is 5.75 Å². The van der Waals surface area contributed by atoms with E-state index in [4.69, 9.17) is 4.74 Å². The number of pyridine rings is 1. The quantitative estimate of drug-likeness (QED) is 0.685. The van der Waals surface area contributed by atoms with Crippen LogP contribution in [0.4, 0.5) is 0 Å². The van der Waals surface area contributed by atoms with Crippen LogP contribution in [0.1, 0.15) is 31.9 Å². The molecule has 0 aliphatic carbocycles. The Hall–Kier alpha value is -2.26. The van der Waals surface area contributed by atoms with E-state index in [2.05, 4.69) is 9.88 Å². The van der Waals surface area contributed by atoms with Gasteiger partial charge in [-0.25, -0.2) is 8.42 Å². The zero-order valence-corrected chi connectivity index (χ0v) is 20.0. The zero-order valence-electron chi connectivity index (χ0n) is 19.2. The van der Waals surface area contributed by atoms with E-state index < -0.39 is 16.1 Å². The van der Waals surface area contributed by atoms with Crippen molar-refractivity contribution in [2.45, 2.75) is 44.4 Å². The third-order valence-corrected chi connectivity index (χ3v) is 7.76. The second-order valence-electron chi connectivity index (χ2n) is 8.50. The van der Waals surface area contributed by atoms with Gasteiger partial charge in [-0.05, 0) is 56.3 Å². The molecule has 0 saturated heterocycles. The predicted molar refractivity (Wildman–Crippen MR) is 126 cm³/mol. The van der Waals surface area contributed by atoms with Gasteiger partial charge >= 0.3 is 0 Å². The number of allylic oxidation sites excluding steroid dienone is 1. The summed E-state index contributed by atoms with van der Waals surface area (Å²) in [4.78, 5) is 6.37. The minimum Gasteiger partial charge on any atom is -0.487 e. The molecule has 8 heteroatoms. The van der Waals surface area contributed by atoms with Crippen molar-refractivity contribution in [2.24, 2.45) is 5.92 Å². The lowest BCUT2D eigenvalue weighted by Crippen LogP contribution is -2.49. The largest absolute Gasteiger partial charge is 0.487 e. The summed E-state index contributed by atoms with van der Waals surface area (Å²) < 4.78 is 34.7. The molecule has 0 radical (unpaired) electrons. The van der Waals surface area contributed by atoms with Crippen molar-refractivity contribution < 1.29 is 18.3 Å². The van der Waals surface area contributed by atoms with Crippen LogP contribution < -0.4 is 4.74 Å². The van der Waals surface area contributed by atoms with Crippen LogP contribution in [0.15, 0.2) is 53.7 Å². The van der Waals surface area contributed by atoms with Crippen LogP contribution in [0.2, 0.25) is 0 Å². The second-order valence-corrected chi connectivity index (χ2v) is 10.4. The SMILES string of the molecule is C/C=C/c1ccc2c(c1)O[C@H](CN(C)Cc1ccncc1)[C@H](C)CN([C@H](C)CO)S2(=O)=O. The molecule has 1 aromatic heterocycles. The number of aliphatic hydroxyl groups excluding tert-OH is 1. The van der Waals surface area contributed by atoms with Crippen LogP contribution in [0.25, 0.3) is 6.08 Å². The van der Waals surface area contributed by atoms with Crippen molar-refractivity contribution >= 4 is 16.1 Å². The molecule has 174 valence electrons. The normalized spacial score (nSPS) is 22.2. The fourth-order valence-electron chi connectivity index (χ4n) is 3.93. The fourth-order valence-corrected chi connectivity index (χ4v) is 5.75. The number of rotatable bonds is 7. The molecule has 1 aliphatic rings. The maximum Gasteiger partial charge on any atom is 0.247 e. The smallest absolute Gasteiger partial charge is 0.247 e. The average Bonchev–Trinajstić information content (AvgIpc) is 2.76. The molecule has 0 bridgehead atoms. The number of ether oxygens (including phenoxy) is 1. The van der Waals surface area contributed by atoms with Gasteiger partial charge in [0.25, 0.3) is 0 Å². The summed E-state index contributed by atoms with van der Waals surface area (Å²) in [7, 11) is -1.79. The Morgan fingerprint density at radius 1 is 1.31 bits per heavy atom. The Bertz CT molecular complexity index is 1030. The van der Waals surface area contributed by atoms with Crippen molar-refractivity contribution in [3.05, 3.63) is 59.9 Å². The lowest BCUT2D eigenvalue weighted by molar-refractivity contribution is 0.0733. The number of nitrogens with zero attached hydrogens (tertiary/aromatic N) is 3. The summed E-state index contributed by atoms with van der Waals surface area (Å²) in [5, 5.41) is 9.75. The molecule has 0 fully saturated rings. The van der Waals surface area contributed by atoms with E-state index in [9.17, 15) is 13.5 Å². The molecule has 0 amide bonds. The highest BCUT2D eigenvalue weighted by atomic mass is 32.2. The van der Waals surface area contributed by atoms with Gasteiger partial charge in [0, 0.05) is 44.0 Å². The summed E-state index contributed by atoms with van der Waals surface area (Å²) in [5.41, 5.74) is 2.02. The topological polar surface area (TPSA) is 83.0 Å². The minimum absolute atomic E-state index is 0.0859. The Morgan fingerprint density at radius 2 is 2.03 bits per heavy atom. The van der Waals surface area contributed by atoms with Crippen LogP contribution in [0, 0.1) is 5.92 Å². The van der Waals surface area contributed by atoms with Crippen molar-refractivity contribution in [3.63, 3.8) is 0 Å². The number of sulfonamides is 1. The number of fused-ring (bicyclic) bond motifs is 1. The number of hydrogen-bond donors (Lipinski definition) is 1. The molecule has 1 aliphatic heterocycles. The van der Waals surface area contributed by atoms with Crippen LogP contribution in [0.5, 0.6) is 5.75 Å². The van der Waals surface area contributed by atoms with Crippen molar-refractivity contribution in [2.75, 3.05) is 26.7 Å². The maximum atomic E-state index is 13.5. The van der Waals surface area contributed by atoms with E-state index in [1.807, 2.05) is 45.2 Å². The molecule has 0 spiro atoms. The molecule has 32 heavy (non-hydrogen) atoms. The monoisotopic (exact) mass is 459 g/mol. The van der Waals surface area contributed by atoms with Gasteiger partial charge < -0.3 is 9.84 Å². The van der Waals surface area contributed by atoms with Gasteiger partial charge in [0.1, 0.15) is 16.7 Å². The standard InChI is InChI=1S/C24H33N3O4S/c1-5-6-20-7-8-24-22(13-20)31-23(16-26(4)15-21-9-11-25-12-10-21)18(2)14-27(19(3)17-28)32(24,29)30/h5-13,18-19,23,28H,14-17H2,1-4H3/b6-5+/t18-,19-,23-/m1/s1. The average molecular weight is 460 g/mol. The summed E-state index contributed by atoms with van der Waals surface area (Å²) in [6.45, 7) is 7.02. The second kappa shape index (κ2) is 10.6. The molecule has 3 rings (SSSR count). The number of aromatic nitrogens is 1. The molecular formula is C24H33N3O4S. The lowest BCUT2D eigenvalue weighted by Gasteiger charge is -2.37. The van der Waals surface area contributed by atoms with Crippen molar-refractivity contribution in [1.82, 2.24) is 14.2 Å². The molecule has 1 N–H and O–H groups in total. The first kappa shape index (κ1) is 24.4. The molecule has 0 saturated carbocycles. The molecular weight excluding hydrogens is 426 g/mol. The first-order chi connectivity index (χ1) is 15.3. The number of benzene rings is 1. The molecule has 2 heterocycles. The van der Waals surface area contributed by atoms with Crippen LogP contribution >= 0.6 is 0 Å². The van der Waals surface area contributed by atoms with Gasteiger partial charge in [0.15, 0.2) is 0 Å². The first-order valence-corrected chi connectivity index (χ1v) is 12.3. The van der Waals surface area contributed by atoms with E-state index in [0.717, 1.165) is 17.7 Å². The van der Waals surface area contributed by atoms with Crippen molar-refractivity contribution in [1.29, 1.82) is 0 Å².